The summed E-state index contributed by atoms with van der Waals surface area (Å²) in [5.41, 5.74) is -0.541. The van der Waals surface area contributed by atoms with Crippen molar-refractivity contribution in [3.05, 3.63) is 68.7 Å². The molecule has 0 amide bonds. The van der Waals surface area contributed by atoms with Crippen molar-refractivity contribution in [1.82, 2.24) is 0 Å². The average molecular weight is 447 g/mol. The molecule has 30 heavy (non-hydrogen) atoms. The molecule has 5 rings (SSSR count). The SMILES string of the molecule is O=C(O)C1=CCC2C(=O)OC3(C2=C1)c1cc(Cl)c(O)cc1Oc1cc(O)c(Cl)cc13. The van der Waals surface area contributed by atoms with Crippen molar-refractivity contribution in [3.8, 4) is 23.0 Å². The number of phenolic OH excluding ortho intramolecular Hbond substituents is 2. The van der Waals surface area contributed by atoms with E-state index in [2.05, 4.69) is 0 Å². The van der Waals surface area contributed by atoms with Crippen molar-refractivity contribution < 1.29 is 34.4 Å². The lowest BCUT2D eigenvalue weighted by molar-refractivity contribution is -0.148. The van der Waals surface area contributed by atoms with Crippen molar-refractivity contribution in [2.75, 3.05) is 0 Å². The Morgan fingerprint density at radius 1 is 1.03 bits per heavy atom. The number of carbonyl (C=O) groups is 2. The molecular formula is C21H12Cl2O7. The van der Waals surface area contributed by atoms with Crippen LogP contribution >= 0.6 is 23.2 Å². The molecule has 1 fully saturated rings. The van der Waals surface area contributed by atoms with Gasteiger partial charge in [-0.1, -0.05) is 29.3 Å². The zero-order chi connectivity index (χ0) is 21.4. The molecule has 2 aromatic rings. The average Bonchev–Trinajstić information content (AvgIpc) is 2.98. The van der Waals surface area contributed by atoms with E-state index in [-0.39, 0.29) is 45.0 Å². The summed E-state index contributed by atoms with van der Waals surface area (Å²) in [5.74, 6) is -2.62. The highest BCUT2D eigenvalue weighted by Crippen LogP contribution is 2.61. The smallest absolute Gasteiger partial charge is 0.335 e. The summed E-state index contributed by atoms with van der Waals surface area (Å²) in [6, 6.07) is 5.36. The highest BCUT2D eigenvalue weighted by Gasteiger charge is 2.58. The summed E-state index contributed by atoms with van der Waals surface area (Å²) < 4.78 is 11.8. The first-order valence-electron chi connectivity index (χ1n) is 8.84. The Bertz CT molecular complexity index is 1170. The second kappa shape index (κ2) is 6.17. The van der Waals surface area contributed by atoms with Crippen LogP contribution in [0.3, 0.4) is 0 Å². The topological polar surface area (TPSA) is 113 Å². The van der Waals surface area contributed by atoms with Gasteiger partial charge in [0.15, 0.2) is 5.60 Å². The second-order valence-electron chi connectivity index (χ2n) is 7.16. The first kappa shape index (κ1) is 18.8. The number of benzene rings is 2. The van der Waals surface area contributed by atoms with E-state index >= 15 is 0 Å². The summed E-state index contributed by atoms with van der Waals surface area (Å²) in [6.45, 7) is 0. The lowest BCUT2D eigenvalue weighted by Crippen LogP contribution is -2.33. The number of halogens is 2. The van der Waals surface area contributed by atoms with E-state index in [0.29, 0.717) is 16.7 Å². The number of allylic oxidation sites excluding steroid dienone is 1. The third kappa shape index (κ3) is 2.39. The largest absolute Gasteiger partial charge is 0.506 e. The number of carboxylic acids is 1. The normalized spacial score (nSPS) is 20.3. The van der Waals surface area contributed by atoms with E-state index in [1.54, 1.807) is 0 Å². The fourth-order valence-corrected chi connectivity index (χ4v) is 4.52. The molecule has 1 spiro atoms. The lowest BCUT2D eigenvalue weighted by Gasteiger charge is -2.38. The van der Waals surface area contributed by atoms with E-state index < -0.39 is 23.5 Å². The van der Waals surface area contributed by atoms with Crippen molar-refractivity contribution in [3.63, 3.8) is 0 Å². The highest BCUT2D eigenvalue weighted by molar-refractivity contribution is 6.32. The number of esters is 1. The first-order valence-corrected chi connectivity index (χ1v) is 9.60. The van der Waals surface area contributed by atoms with Crippen LogP contribution in [0, 0.1) is 5.92 Å². The molecule has 0 bridgehead atoms. The Morgan fingerprint density at radius 3 is 2.13 bits per heavy atom. The van der Waals surface area contributed by atoms with Crippen molar-refractivity contribution in [1.29, 1.82) is 0 Å². The van der Waals surface area contributed by atoms with Crippen LogP contribution < -0.4 is 4.74 Å². The van der Waals surface area contributed by atoms with Crippen LogP contribution in [0.5, 0.6) is 23.0 Å². The summed E-state index contributed by atoms with van der Waals surface area (Å²) in [4.78, 5) is 24.4. The number of hydrogen-bond donors (Lipinski definition) is 3. The van der Waals surface area contributed by atoms with Crippen molar-refractivity contribution in [2.24, 2.45) is 5.92 Å². The predicted molar refractivity (Wildman–Crippen MR) is 105 cm³/mol. The Morgan fingerprint density at radius 2 is 1.60 bits per heavy atom. The minimum Gasteiger partial charge on any atom is -0.506 e. The molecule has 9 heteroatoms. The molecule has 2 aromatic carbocycles. The van der Waals surface area contributed by atoms with Gasteiger partial charge in [-0.25, -0.2) is 4.79 Å². The lowest BCUT2D eigenvalue weighted by atomic mass is 9.72. The number of phenols is 2. The van der Waals surface area contributed by atoms with E-state index in [1.807, 2.05) is 0 Å². The number of rotatable bonds is 1. The number of aromatic hydroxyl groups is 2. The molecule has 0 aromatic heterocycles. The fourth-order valence-electron chi connectivity index (χ4n) is 4.19. The molecule has 3 aliphatic rings. The number of carbonyl (C=O) groups excluding carboxylic acids is 1. The maximum absolute atomic E-state index is 12.8. The molecule has 3 N–H and O–H groups in total. The Balaban J connectivity index is 1.88. The Labute approximate surface area is 179 Å². The van der Waals surface area contributed by atoms with E-state index in [0.717, 1.165) is 0 Å². The van der Waals surface area contributed by atoms with Gasteiger partial charge in [0.1, 0.15) is 23.0 Å². The maximum Gasteiger partial charge on any atom is 0.335 e. The number of hydrogen-bond acceptors (Lipinski definition) is 6. The highest BCUT2D eigenvalue weighted by atomic mass is 35.5. The van der Waals surface area contributed by atoms with Gasteiger partial charge >= 0.3 is 11.9 Å². The molecule has 1 atom stereocenters. The van der Waals surface area contributed by atoms with E-state index in [1.165, 1.54) is 36.4 Å². The van der Waals surface area contributed by atoms with Gasteiger partial charge in [-0.05, 0) is 30.2 Å². The molecule has 2 heterocycles. The first-order chi connectivity index (χ1) is 14.2. The van der Waals surface area contributed by atoms with Crippen LogP contribution in [0.25, 0.3) is 0 Å². The van der Waals surface area contributed by atoms with Gasteiger partial charge in [0.25, 0.3) is 0 Å². The van der Waals surface area contributed by atoms with E-state index in [9.17, 15) is 24.9 Å². The predicted octanol–water partition coefficient (Wildman–Crippen LogP) is 4.27. The quantitative estimate of drug-likeness (QED) is 0.560. The van der Waals surface area contributed by atoms with Crippen LogP contribution in [-0.4, -0.2) is 27.3 Å². The summed E-state index contributed by atoms with van der Waals surface area (Å²) in [6.07, 6.45) is 3.02. The summed E-state index contributed by atoms with van der Waals surface area (Å²) >= 11 is 12.3. The zero-order valence-electron chi connectivity index (χ0n) is 15.0. The Hall–Kier alpha value is -3.16. The fraction of sp³-hybridized carbons (Fsp3) is 0.143. The molecule has 7 nitrogen and oxygen atoms in total. The molecule has 1 unspecified atom stereocenters. The molecule has 0 radical (unpaired) electrons. The molecular weight excluding hydrogens is 435 g/mol. The van der Waals surface area contributed by atoms with Gasteiger partial charge in [-0.3, -0.25) is 4.79 Å². The van der Waals surface area contributed by atoms with Crippen molar-refractivity contribution in [2.45, 2.75) is 12.0 Å². The molecule has 1 aliphatic carbocycles. The minimum atomic E-state index is -1.58. The van der Waals surface area contributed by atoms with Crippen LogP contribution in [0.1, 0.15) is 17.5 Å². The van der Waals surface area contributed by atoms with Crippen LogP contribution in [0.4, 0.5) is 0 Å². The Kier molecular flexibility index (Phi) is 3.87. The minimum absolute atomic E-state index is 0.00467. The van der Waals surface area contributed by atoms with Gasteiger partial charge in [0, 0.05) is 23.3 Å². The summed E-state index contributed by atoms with van der Waals surface area (Å²) in [5, 5.41) is 29.6. The third-order valence-electron chi connectivity index (χ3n) is 5.53. The molecule has 2 aliphatic heterocycles. The molecule has 1 saturated heterocycles. The number of aliphatic carboxylic acids is 1. The van der Waals surface area contributed by atoms with Gasteiger partial charge in [-0.2, -0.15) is 0 Å². The van der Waals surface area contributed by atoms with Gasteiger partial charge < -0.3 is 24.8 Å². The second-order valence-corrected chi connectivity index (χ2v) is 7.97. The molecule has 0 saturated carbocycles. The van der Waals surface area contributed by atoms with Gasteiger partial charge in [0.05, 0.1) is 21.5 Å². The zero-order valence-corrected chi connectivity index (χ0v) is 16.5. The monoisotopic (exact) mass is 446 g/mol. The van der Waals surface area contributed by atoms with Gasteiger partial charge in [0.2, 0.25) is 0 Å². The molecule has 152 valence electrons. The van der Waals surface area contributed by atoms with Crippen molar-refractivity contribution >= 4 is 35.1 Å². The summed E-state index contributed by atoms with van der Waals surface area (Å²) in [7, 11) is 0. The number of carboxylic acid groups (broad SMARTS) is 1. The van der Waals surface area contributed by atoms with Gasteiger partial charge in [-0.15, -0.1) is 0 Å². The number of fused-ring (bicyclic) bond motifs is 6. The van der Waals surface area contributed by atoms with E-state index in [4.69, 9.17) is 32.7 Å². The standard InChI is InChI=1S/C21H12Cl2O7/c22-13-4-11-17(6-15(13)24)29-18-7-16(25)14(23)5-12(18)21(11)10-3-8(19(26)27)1-2-9(10)20(28)30-21/h1,3-7,9,24-25H,2H2,(H,26,27). The van der Waals surface area contributed by atoms with Crippen LogP contribution in [0.15, 0.2) is 47.6 Å². The van der Waals surface area contributed by atoms with Crippen LogP contribution in [0.2, 0.25) is 10.0 Å². The van der Waals surface area contributed by atoms with Crippen LogP contribution in [-0.2, 0) is 19.9 Å². The number of ether oxygens (including phenoxy) is 2. The maximum atomic E-state index is 12.8. The third-order valence-corrected chi connectivity index (χ3v) is 6.13.